The van der Waals surface area contributed by atoms with Crippen LogP contribution in [0.3, 0.4) is 0 Å². The molecular formula is C19H24N2O. The second-order valence-electron chi connectivity index (χ2n) is 5.83. The molecule has 1 saturated heterocycles. The maximum Gasteiger partial charge on any atom is 0.0594 e. The van der Waals surface area contributed by atoms with Gasteiger partial charge in [0.1, 0.15) is 0 Å². The highest BCUT2D eigenvalue weighted by molar-refractivity contribution is 5.65. The van der Waals surface area contributed by atoms with E-state index in [4.69, 9.17) is 10.5 Å². The highest BCUT2D eigenvalue weighted by Gasteiger charge is 2.11. The summed E-state index contributed by atoms with van der Waals surface area (Å²) >= 11 is 0. The highest BCUT2D eigenvalue weighted by Crippen LogP contribution is 2.22. The van der Waals surface area contributed by atoms with Crippen molar-refractivity contribution in [3.63, 3.8) is 0 Å². The summed E-state index contributed by atoms with van der Waals surface area (Å²) in [6.07, 6.45) is 0.932. The van der Waals surface area contributed by atoms with E-state index in [-0.39, 0.29) is 0 Å². The molecule has 0 spiro atoms. The molecule has 2 aromatic rings. The Morgan fingerprint density at radius 2 is 1.55 bits per heavy atom. The first-order valence-corrected chi connectivity index (χ1v) is 8.03. The van der Waals surface area contributed by atoms with E-state index < -0.39 is 0 Å². The molecule has 0 radical (unpaired) electrons. The van der Waals surface area contributed by atoms with E-state index in [0.717, 1.165) is 39.3 Å². The Morgan fingerprint density at radius 1 is 0.909 bits per heavy atom. The van der Waals surface area contributed by atoms with Gasteiger partial charge in [-0.2, -0.15) is 0 Å². The van der Waals surface area contributed by atoms with Crippen LogP contribution in [0.15, 0.2) is 48.5 Å². The number of nitrogens with zero attached hydrogens (tertiary/aromatic N) is 1. The minimum absolute atomic E-state index is 0.695. The van der Waals surface area contributed by atoms with E-state index in [1.54, 1.807) is 0 Å². The third-order valence-electron chi connectivity index (χ3n) is 4.13. The zero-order valence-electron chi connectivity index (χ0n) is 13.0. The summed E-state index contributed by atoms with van der Waals surface area (Å²) < 4.78 is 5.41. The molecule has 0 aliphatic carbocycles. The Kier molecular flexibility index (Phi) is 5.22. The Hall–Kier alpha value is -1.68. The molecule has 3 nitrogen and oxygen atoms in total. The first-order valence-electron chi connectivity index (χ1n) is 8.03. The van der Waals surface area contributed by atoms with E-state index in [1.165, 1.54) is 22.3 Å². The Labute approximate surface area is 132 Å². The van der Waals surface area contributed by atoms with Crippen LogP contribution in [0.4, 0.5) is 0 Å². The van der Waals surface area contributed by atoms with Crippen LogP contribution in [-0.4, -0.2) is 37.7 Å². The molecule has 0 unspecified atom stereocenters. The molecule has 1 aliphatic heterocycles. The molecule has 1 heterocycles. The van der Waals surface area contributed by atoms with Crippen LogP contribution in [0.2, 0.25) is 0 Å². The number of ether oxygens (including phenoxy) is 1. The second-order valence-corrected chi connectivity index (χ2v) is 5.83. The van der Waals surface area contributed by atoms with E-state index in [1.807, 2.05) is 0 Å². The van der Waals surface area contributed by atoms with Gasteiger partial charge in [0.2, 0.25) is 0 Å². The summed E-state index contributed by atoms with van der Waals surface area (Å²) in [7, 11) is 0. The van der Waals surface area contributed by atoms with Crippen LogP contribution in [0, 0.1) is 0 Å². The number of nitrogens with two attached hydrogens (primary N) is 1. The second kappa shape index (κ2) is 7.54. The summed E-state index contributed by atoms with van der Waals surface area (Å²) in [6.45, 7) is 5.44. The normalized spacial score (nSPS) is 15.9. The van der Waals surface area contributed by atoms with Crippen molar-refractivity contribution in [3.05, 3.63) is 59.7 Å². The van der Waals surface area contributed by atoms with Gasteiger partial charge in [0, 0.05) is 19.6 Å². The van der Waals surface area contributed by atoms with Crippen LogP contribution in [0.5, 0.6) is 0 Å². The highest BCUT2D eigenvalue weighted by atomic mass is 16.5. The Balaban J connectivity index is 1.76. The number of hydrogen-bond acceptors (Lipinski definition) is 3. The fourth-order valence-electron chi connectivity index (χ4n) is 2.94. The number of morpholine rings is 1. The van der Waals surface area contributed by atoms with Crippen molar-refractivity contribution in [2.45, 2.75) is 13.0 Å². The molecule has 0 aromatic heterocycles. The van der Waals surface area contributed by atoms with Gasteiger partial charge in [-0.25, -0.2) is 0 Å². The summed E-state index contributed by atoms with van der Waals surface area (Å²) in [4.78, 5) is 2.45. The van der Waals surface area contributed by atoms with E-state index in [0.29, 0.717) is 6.54 Å². The molecule has 1 aliphatic rings. The van der Waals surface area contributed by atoms with E-state index >= 15 is 0 Å². The molecule has 2 N–H and O–H groups in total. The van der Waals surface area contributed by atoms with Gasteiger partial charge < -0.3 is 10.5 Å². The average Bonchev–Trinajstić information content (AvgIpc) is 2.57. The largest absolute Gasteiger partial charge is 0.379 e. The first-order chi connectivity index (χ1) is 10.8. The molecule has 22 heavy (non-hydrogen) atoms. The molecule has 0 atom stereocenters. The Morgan fingerprint density at radius 3 is 2.23 bits per heavy atom. The van der Waals surface area contributed by atoms with Crippen LogP contribution in [0.1, 0.15) is 11.1 Å². The van der Waals surface area contributed by atoms with Crippen molar-refractivity contribution in [2.75, 3.05) is 32.8 Å². The van der Waals surface area contributed by atoms with Crippen molar-refractivity contribution in [1.29, 1.82) is 0 Å². The Bertz CT molecular complexity index is 606. The first kappa shape index (κ1) is 15.2. The van der Waals surface area contributed by atoms with E-state index in [9.17, 15) is 0 Å². The minimum atomic E-state index is 0.695. The lowest BCUT2D eigenvalue weighted by molar-refractivity contribution is 0.0342. The number of rotatable bonds is 5. The third kappa shape index (κ3) is 3.95. The summed E-state index contributed by atoms with van der Waals surface area (Å²) in [5.74, 6) is 0. The fourth-order valence-corrected chi connectivity index (χ4v) is 2.94. The van der Waals surface area contributed by atoms with Gasteiger partial charge in [0.05, 0.1) is 13.2 Å². The number of benzene rings is 2. The lowest BCUT2D eigenvalue weighted by Gasteiger charge is -2.26. The quantitative estimate of drug-likeness (QED) is 0.922. The monoisotopic (exact) mass is 296 g/mol. The van der Waals surface area contributed by atoms with E-state index in [2.05, 4.69) is 53.4 Å². The molecule has 0 bridgehead atoms. The van der Waals surface area contributed by atoms with Gasteiger partial charge in [-0.05, 0) is 41.3 Å². The van der Waals surface area contributed by atoms with Crippen molar-refractivity contribution in [2.24, 2.45) is 5.73 Å². The van der Waals surface area contributed by atoms with Gasteiger partial charge in [-0.1, -0.05) is 42.5 Å². The maximum absolute atomic E-state index is 5.66. The zero-order valence-corrected chi connectivity index (χ0v) is 13.0. The van der Waals surface area contributed by atoms with Crippen LogP contribution in [0.25, 0.3) is 11.1 Å². The van der Waals surface area contributed by atoms with Crippen molar-refractivity contribution >= 4 is 0 Å². The predicted molar refractivity (Wildman–Crippen MR) is 90.7 cm³/mol. The maximum atomic E-state index is 5.66. The van der Waals surface area contributed by atoms with Crippen molar-refractivity contribution in [3.8, 4) is 11.1 Å². The van der Waals surface area contributed by atoms with Crippen LogP contribution >= 0.6 is 0 Å². The van der Waals surface area contributed by atoms with Crippen molar-refractivity contribution in [1.82, 2.24) is 4.90 Å². The SMILES string of the molecule is NCCc1cccc(-c2cccc(CN3CCOCC3)c2)c1. The summed E-state index contributed by atoms with van der Waals surface area (Å²) in [5, 5.41) is 0. The van der Waals surface area contributed by atoms with Crippen LogP contribution in [-0.2, 0) is 17.7 Å². The summed E-state index contributed by atoms with van der Waals surface area (Å²) in [6, 6.07) is 17.5. The molecule has 3 rings (SSSR count). The molecule has 1 fully saturated rings. The lowest BCUT2D eigenvalue weighted by Crippen LogP contribution is -2.35. The fraction of sp³-hybridized carbons (Fsp3) is 0.368. The van der Waals surface area contributed by atoms with Gasteiger partial charge in [-0.3, -0.25) is 4.90 Å². The van der Waals surface area contributed by atoms with Gasteiger partial charge >= 0.3 is 0 Å². The molecule has 0 saturated carbocycles. The zero-order chi connectivity index (χ0) is 15.2. The van der Waals surface area contributed by atoms with Gasteiger partial charge in [0.15, 0.2) is 0 Å². The molecule has 116 valence electrons. The predicted octanol–water partition coefficient (Wildman–Crippen LogP) is 2.69. The molecule has 2 aromatic carbocycles. The van der Waals surface area contributed by atoms with Gasteiger partial charge in [0.25, 0.3) is 0 Å². The molecular weight excluding hydrogens is 272 g/mol. The standard InChI is InChI=1S/C19H24N2O/c20-8-7-16-3-1-5-18(13-16)19-6-2-4-17(14-19)15-21-9-11-22-12-10-21/h1-6,13-14H,7-12,15,20H2. The summed E-state index contributed by atoms with van der Waals surface area (Å²) in [5.41, 5.74) is 10.9. The average molecular weight is 296 g/mol. The van der Waals surface area contributed by atoms with Crippen molar-refractivity contribution < 1.29 is 4.74 Å². The topological polar surface area (TPSA) is 38.5 Å². The number of hydrogen-bond donors (Lipinski definition) is 1. The lowest BCUT2D eigenvalue weighted by atomic mass is 10.00. The van der Waals surface area contributed by atoms with Gasteiger partial charge in [-0.15, -0.1) is 0 Å². The third-order valence-corrected chi connectivity index (χ3v) is 4.13. The smallest absolute Gasteiger partial charge is 0.0594 e. The minimum Gasteiger partial charge on any atom is -0.379 e. The molecule has 0 amide bonds. The van der Waals surface area contributed by atoms with Crippen LogP contribution < -0.4 is 5.73 Å². The molecule has 3 heteroatoms.